The molecule has 0 radical (unpaired) electrons. The second kappa shape index (κ2) is 8.51. The SMILES string of the molecule is C=C1CCC(n2c(=C)c3cccc(NCCCCCCC)c3c2=C)C(=C)N1. The first-order valence-electron chi connectivity index (χ1n) is 10.2. The monoisotopic (exact) mass is 363 g/mol. The third-order valence-electron chi connectivity index (χ3n) is 5.61. The zero-order chi connectivity index (χ0) is 19.4. The molecule has 0 bridgehead atoms. The Balaban J connectivity index is 1.86. The van der Waals surface area contributed by atoms with Crippen LogP contribution < -0.4 is 21.3 Å². The van der Waals surface area contributed by atoms with Crippen molar-refractivity contribution in [3.63, 3.8) is 0 Å². The van der Waals surface area contributed by atoms with Crippen LogP contribution in [0.4, 0.5) is 5.69 Å². The molecule has 1 atom stereocenters. The minimum absolute atomic E-state index is 0.171. The summed E-state index contributed by atoms with van der Waals surface area (Å²) in [6.07, 6.45) is 8.35. The summed E-state index contributed by atoms with van der Waals surface area (Å²) in [5, 5.41) is 11.3. The first-order chi connectivity index (χ1) is 13.0. The Morgan fingerprint density at radius 3 is 2.59 bits per heavy atom. The van der Waals surface area contributed by atoms with Gasteiger partial charge < -0.3 is 15.2 Å². The Kier molecular flexibility index (Phi) is 6.10. The van der Waals surface area contributed by atoms with Crippen LogP contribution in [0, 0.1) is 0 Å². The van der Waals surface area contributed by atoms with Crippen LogP contribution >= 0.6 is 0 Å². The number of fused-ring (bicyclic) bond motifs is 1. The highest BCUT2D eigenvalue weighted by Crippen LogP contribution is 2.27. The zero-order valence-electron chi connectivity index (χ0n) is 16.7. The van der Waals surface area contributed by atoms with Crippen molar-refractivity contribution >= 4 is 29.6 Å². The summed E-state index contributed by atoms with van der Waals surface area (Å²) in [4.78, 5) is 0. The summed E-state index contributed by atoms with van der Waals surface area (Å²) in [5.74, 6) is 0. The third-order valence-corrected chi connectivity index (χ3v) is 5.61. The molecular weight excluding hydrogens is 330 g/mol. The smallest absolute Gasteiger partial charge is 0.0738 e. The fourth-order valence-corrected chi connectivity index (χ4v) is 4.13. The number of nitrogens with one attached hydrogen (secondary N) is 2. The molecule has 27 heavy (non-hydrogen) atoms. The molecule has 1 aliphatic heterocycles. The van der Waals surface area contributed by atoms with Crippen molar-refractivity contribution < 1.29 is 0 Å². The third kappa shape index (κ3) is 3.97. The molecule has 3 nitrogen and oxygen atoms in total. The number of hydrogen-bond donors (Lipinski definition) is 2. The molecule has 1 aromatic heterocycles. The summed E-state index contributed by atoms with van der Waals surface area (Å²) in [5.41, 5.74) is 3.18. The van der Waals surface area contributed by atoms with Gasteiger partial charge in [0, 0.05) is 45.1 Å². The van der Waals surface area contributed by atoms with Gasteiger partial charge in [0.05, 0.1) is 6.04 Å². The van der Waals surface area contributed by atoms with Gasteiger partial charge in [0.25, 0.3) is 0 Å². The molecule has 0 saturated carbocycles. The average Bonchev–Trinajstić information content (AvgIpc) is 2.90. The number of nitrogens with zero attached hydrogens (tertiary/aromatic N) is 1. The summed E-state index contributed by atoms with van der Waals surface area (Å²) >= 11 is 0. The van der Waals surface area contributed by atoms with E-state index in [9.17, 15) is 0 Å². The van der Waals surface area contributed by atoms with Crippen LogP contribution in [0.1, 0.15) is 57.9 Å². The van der Waals surface area contributed by atoms with Crippen LogP contribution in [0.25, 0.3) is 23.9 Å². The summed E-state index contributed by atoms with van der Waals surface area (Å²) < 4.78 is 2.25. The fraction of sp³-hybridized carbons (Fsp3) is 0.417. The maximum absolute atomic E-state index is 4.42. The van der Waals surface area contributed by atoms with Gasteiger partial charge in [-0.15, -0.1) is 0 Å². The van der Waals surface area contributed by atoms with Crippen molar-refractivity contribution in [3.05, 3.63) is 53.4 Å². The van der Waals surface area contributed by atoms with Crippen molar-refractivity contribution in [1.29, 1.82) is 0 Å². The molecule has 1 aliphatic rings. The molecule has 2 aromatic rings. The molecular formula is C24H33N3. The molecule has 0 spiro atoms. The Morgan fingerprint density at radius 1 is 1.07 bits per heavy atom. The quantitative estimate of drug-likeness (QED) is 0.660. The van der Waals surface area contributed by atoms with E-state index >= 15 is 0 Å². The first-order valence-corrected chi connectivity index (χ1v) is 10.2. The Hall–Kier alpha value is -2.42. The topological polar surface area (TPSA) is 29.0 Å². The second-order valence-corrected chi connectivity index (χ2v) is 7.64. The molecule has 0 amide bonds. The first kappa shape index (κ1) is 19.3. The normalized spacial score (nSPS) is 17.3. The standard InChI is InChI=1S/C24H33N3/c1-6-7-8-9-10-16-25-22-13-11-12-21-19(4)27(20(5)24(21)22)23-15-14-17(2)26-18(23)3/h11-13,23,25-26H,2-10,14-16H2,1H3. The lowest BCUT2D eigenvalue weighted by atomic mass is 10.0. The molecule has 1 saturated heterocycles. The maximum Gasteiger partial charge on any atom is 0.0738 e. The van der Waals surface area contributed by atoms with Gasteiger partial charge in [0.2, 0.25) is 0 Å². The summed E-state index contributed by atoms with van der Waals surface area (Å²) in [7, 11) is 0. The van der Waals surface area contributed by atoms with Gasteiger partial charge in [-0.05, 0) is 25.3 Å². The Labute approximate surface area is 163 Å². The van der Waals surface area contributed by atoms with Crippen LogP contribution in [0.5, 0.6) is 0 Å². The number of benzene rings is 1. The highest BCUT2D eigenvalue weighted by molar-refractivity contribution is 5.94. The molecule has 1 unspecified atom stereocenters. The molecule has 2 N–H and O–H groups in total. The largest absolute Gasteiger partial charge is 0.384 e. The van der Waals surface area contributed by atoms with Gasteiger partial charge in [0.15, 0.2) is 0 Å². The van der Waals surface area contributed by atoms with Crippen LogP contribution in [-0.2, 0) is 0 Å². The summed E-state index contributed by atoms with van der Waals surface area (Å²) in [6.45, 7) is 20.3. The van der Waals surface area contributed by atoms with Gasteiger partial charge >= 0.3 is 0 Å². The molecule has 1 aromatic carbocycles. The Morgan fingerprint density at radius 2 is 1.85 bits per heavy atom. The van der Waals surface area contributed by atoms with Crippen LogP contribution in [0.15, 0.2) is 42.8 Å². The van der Waals surface area contributed by atoms with E-state index in [4.69, 9.17) is 0 Å². The maximum atomic E-state index is 4.42. The number of rotatable bonds is 8. The fourth-order valence-electron chi connectivity index (χ4n) is 4.13. The number of unbranched alkanes of at least 4 members (excludes halogenated alkanes) is 4. The molecule has 1 fully saturated rings. The van der Waals surface area contributed by atoms with Crippen molar-refractivity contribution in [2.75, 3.05) is 11.9 Å². The van der Waals surface area contributed by atoms with E-state index in [2.05, 4.69) is 66.6 Å². The highest BCUT2D eigenvalue weighted by Gasteiger charge is 2.23. The lowest BCUT2D eigenvalue weighted by Gasteiger charge is -2.29. The van der Waals surface area contributed by atoms with E-state index in [1.165, 1.54) is 42.9 Å². The van der Waals surface area contributed by atoms with E-state index in [1.54, 1.807) is 0 Å². The molecule has 2 heterocycles. The summed E-state index contributed by atoms with van der Waals surface area (Å²) in [6, 6.07) is 6.58. The van der Waals surface area contributed by atoms with Crippen molar-refractivity contribution in [1.82, 2.24) is 9.88 Å². The number of allylic oxidation sites excluding steroid dienone is 2. The molecule has 3 rings (SSSR count). The van der Waals surface area contributed by atoms with Crippen LogP contribution in [0.3, 0.4) is 0 Å². The number of anilines is 1. The average molecular weight is 364 g/mol. The van der Waals surface area contributed by atoms with Gasteiger partial charge in [-0.2, -0.15) is 0 Å². The molecule has 3 heteroatoms. The number of aromatic nitrogens is 1. The van der Waals surface area contributed by atoms with Gasteiger partial charge in [-0.3, -0.25) is 0 Å². The van der Waals surface area contributed by atoms with Gasteiger partial charge in [-0.25, -0.2) is 0 Å². The van der Waals surface area contributed by atoms with Crippen molar-refractivity contribution in [3.8, 4) is 0 Å². The number of hydrogen-bond acceptors (Lipinski definition) is 2. The second-order valence-electron chi connectivity index (χ2n) is 7.64. The predicted octanol–water partition coefficient (Wildman–Crippen LogP) is 4.80. The van der Waals surface area contributed by atoms with Crippen LogP contribution in [-0.4, -0.2) is 11.1 Å². The Bertz CT molecular complexity index is 935. The van der Waals surface area contributed by atoms with Gasteiger partial charge in [0.1, 0.15) is 0 Å². The lowest BCUT2D eigenvalue weighted by Crippen LogP contribution is -2.36. The van der Waals surface area contributed by atoms with E-state index in [0.717, 1.165) is 47.2 Å². The van der Waals surface area contributed by atoms with Crippen molar-refractivity contribution in [2.24, 2.45) is 0 Å². The van der Waals surface area contributed by atoms with E-state index in [-0.39, 0.29) is 6.04 Å². The van der Waals surface area contributed by atoms with E-state index < -0.39 is 0 Å². The van der Waals surface area contributed by atoms with Crippen molar-refractivity contribution in [2.45, 2.75) is 57.9 Å². The van der Waals surface area contributed by atoms with E-state index in [0.29, 0.717) is 0 Å². The number of piperidine rings is 1. The lowest BCUT2D eigenvalue weighted by molar-refractivity contribution is 0.458. The van der Waals surface area contributed by atoms with Gasteiger partial charge in [-0.1, -0.05) is 71.1 Å². The zero-order valence-corrected chi connectivity index (χ0v) is 16.7. The minimum Gasteiger partial charge on any atom is -0.384 e. The molecule has 0 aliphatic carbocycles. The highest BCUT2D eigenvalue weighted by atomic mass is 15.1. The predicted molar refractivity (Wildman–Crippen MR) is 119 cm³/mol. The molecule has 144 valence electrons. The van der Waals surface area contributed by atoms with Crippen LogP contribution in [0.2, 0.25) is 0 Å². The van der Waals surface area contributed by atoms with E-state index in [1.807, 2.05) is 0 Å². The minimum atomic E-state index is 0.171.